The number of nitrogens with one attached hydrogen (secondary N) is 1. The van der Waals surface area contributed by atoms with E-state index in [1.54, 1.807) is 0 Å². The van der Waals surface area contributed by atoms with Crippen LogP contribution in [0, 0.1) is 0 Å². The fraction of sp³-hybridized carbons (Fsp3) is 0.667. The minimum atomic E-state index is 1.08. The maximum atomic E-state index is 3.76. The van der Waals surface area contributed by atoms with E-state index in [-0.39, 0.29) is 0 Å². The standard InChI is InChI=1S/C3H5N3/c1-2-6(1)3-4-5-3/h1-2H2,(H,4,5). The lowest BCUT2D eigenvalue weighted by Crippen LogP contribution is -2.03. The highest BCUT2D eigenvalue weighted by molar-refractivity contribution is 5.90. The van der Waals surface area contributed by atoms with E-state index in [4.69, 9.17) is 0 Å². The van der Waals surface area contributed by atoms with Crippen LogP contribution in [0.5, 0.6) is 0 Å². The quantitative estimate of drug-likeness (QED) is 0.388. The highest BCUT2D eigenvalue weighted by atomic mass is 15.6. The lowest BCUT2D eigenvalue weighted by atomic mass is 11.0. The van der Waals surface area contributed by atoms with Gasteiger partial charge in [-0.15, -0.1) is 5.10 Å². The Labute approximate surface area is 35.6 Å². The molecule has 0 aromatic heterocycles. The van der Waals surface area contributed by atoms with E-state index in [0.717, 1.165) is 5.96 Å². The Hall–Kier alpha value is -0.730. The van der Waals surface area contributed by atoms with E-state index < -0.39 is 0 Å². The van der Waals surface area contributed by atoms with Gasteiger partial charge in [0.1, 0.15) is 0 Å². The summed E-state index contributed by atoms with van der Waals surface area (Å²) in [5.41, 5.74) is 2.76. The summed E-state index contributed by atoms with van der Waals surface area (Å²) in [6.07, 6.45) is 0. The highest BCUT2D eigenvalue weighted by Crippen LogP contribution is 2.07. The molecule has 1 N–H and O–H groups in total. The van der Waals surface area contributed by atoms with Crippen LogP contribution in [-0.4, -0.2) is 23.9 Å². The average molecular weight is 83.1 g/mol. The van der Waals surface area contributed by atoms with Crippen molar-refractivity contribution in [1.29, 1.82) is 0 Å². The van der Waals surface area contributed by atoms with Gasteiger partial charge in [0, 0.05) is 13.1 Å². The van der Waals surface area contributed by atoms with Crippen LogP contribution in [0.3, 0.4) is 0 Å². The summed E-state index contributed by atoms with van der Waals surface area (Å²) in [6, 6.07) is 0. The van der Waals surface area contributed by atoms with Crippen LogP contribution in [0.2, 0.25) is 0 Å². The molecule has 2 aliphatic heterocycles. The summed E-state index contributed by atoms with van der Waals surface area (Å²) >= 11 is 0. The van der Waals surface area contributed by atoms with E-state index >= 15 is 0 Å². The molecule has 0 atom stereocenters. The molecule has 0 saturated carbocycles. The van der Waals surface area contributed by atoms with E-state index in [0.29, 0.717) is 0 Å². The van der Waals surface area contributed by atoms with Crippen molar-refractivity contribution in [3.8, 4) is 0 Å². The summed E-state index contributed by atoms with van der Waals surface area (Å²) in [7, 11) is 0. The van der Waals surface area contributed by atoms with Crippen LogP contribution >= 0.6 is 0 Å². The first kappa shape index (κ1) is 2.44. The summed E-state index contributed by atoms with van der Waals surface area (Å²) in [6.45, 7) is 2.40. The zero-order chi connectivity index (χ0) is 3.98. The van der Waals surface area contributed by atoms with Crippen LogP contribution in [0.25, 0.3) is 0 Å². The molecular formula is C3H5N3. The number of nitrogens with zero attached hydrogens (tertiary/aromatic N) is 2. The maximum absolute atomic E-state index is 3.76. The van der Waals surface area contributed by atoms with Crippen LogP contribution in [0.4, 0.5) is 0 Å². The Morgan fingerprint density at radius 2 is 2.33 bits per heavy atom. The zero-order valence-electron chi connectivity index (χ0n) is 3.31. The van der Waals surface area contributed by atoms with Gasteiger partial charge in [-0.05, 0) is 0 Å². The van der Waals surface area contributed by atoms with Gasteiger partial charge < -0.3 is 4.90 Å². The van der Waals surface area contributed by atoms with Gasteiger partial charge >= 0.3 is 0 Å². The van der Waals surface area contributed by atoms with Crippen molar-refractivity contribution < 1.29 is 0 Å². The molecule has 0 aromatic rings. The molecule has 32 valence electrons. The van der Waals surface area contributed by atoms with Crippen molar-refractivity contribution in [1.82, 2.24) is 10.3 Å². The number of hydrogen-bond donors (Lipinski definition) is 1. The minimum absolute atomic E-state index is 1.08. The first-order chi connectivity index (χ1) is 2.97. The molecule has 3 nitrogen and oxygen atoms in total. The average Bonchev–Trinajstić information content (AvgIpc) is 2.26. The first-order valence-electron chi connectivity index (χ1n) is 2.05. The Morgan fingerprint density at radius 3 is 2.50 bits per heavy atom. The van der Waals surface area contributed by atoms with Gasteiger partial charge in [0.15, 0.2) is 0 Å². The summed E-state index contributed by atoms with van der Waals surface area (Å²) < 4.78 is 0. The molecule has 0 unspecified atom stereocenters. The molecular weight excluding hydrogens is 78.1 g/mol. The number of hydrogen-bond acceptors (Lipinski definition) is 3. The fourth-order valence-corrected chi connectivity index (χ4v) is 0.428. The van der Waals surface area contributed by atoms with E-state index in [2.05, 4.69) is 15.4 Å². The molecule has 0 amide bonds. The van der Waals surface area contributed by atoms with Crippen LogP contribution in [0.15, 0.2) is 5.10 Å². The normalized spacial score (nSPS) is 25.3. The largest absolute Gasteiger partial charge is 0.336 e. The van der Waals surface area contributed by atoms with Crippen LogP contribution in [-0.2, 0) is 0 Å². The Morgan fingerprint density at radius 1 is 1.67 bits per heavy atom. The lowest BCUT2D eigenvalue weighted by molar-refractivity contribution is 0.855. The molecule has 0 spiro atoms. The van der Waals surface area contributed by atoms with E-state index in [1.807, 2.05) is 0 Å². The molecule has 0 bridgehead atoms. The molecule has 0 aliphatic carbocycles. The van der Waals surface area contributed by atoms with Gasteiger partial charge in [-0.25, -0.2) is 5.43 Å². The molecule has 2 heterocycles. The summed E-state index contributed by atoms with van der Waals surface area (Å²) in [5, 5.41) is 3.76. The highest BCUT2D eigenvalue weighted by Gasteiger charge is 2.27. The second kappa shape index (κ2) is 0.531. The summed E-state index contributed by atoms with van der Waals surface area (Å²) in [4.78, 5) is 2.17. The first-order valence-corrected chi connectivity index (χ1v) is 2.05. The Bertz CT molecular complexity index is 103. The lowest BCUT2D eigenvalue weighted by Gasteiger charge is -1.78. The van der Waals surface area contributed by atoms with E-state index in [1.165, 1.54) is 13.1 Å². The number of rotatable bonds is 0. The molecule has 2 aliphatic rings. The molecule has 1 fully saturated rings. The van der Waals surface area contributed by atoms with Crippen LogP contribution < -0.4 is 5.43 Å². The third kappa shape index (κ3) is 0.196. The molecule has 0 aromatic carbocycles. The second-order valence-electron chi connectivity index (χ2n) is 1.53. The third-order valence-electron chi connectivity index (χ3n) is 0.959. The fourth-order valence-electron chi connectivity index (χ4n) is 0.428. The predicted molar refractivity (Wildman–Crippen MR) is 22.1 cm³/mol. The van der Waals surface area contributed by atoms with Gasteiger partial charge in [0.2, 0.25) is 5.96 Å². The zero-order valence-corrected chi connectivity index (χ0v) is 3.31. The van der Waals surface area contributed by atoms with Crippen molar-refractivity contribution in [2.45, 2.75) is 0 Å². The van der Waals surface area contributed by atoms with Crippen LogP contribution in [0.1, 0.15) is 0 Å². The minimum Gasteiger partial charge on any atom is -0.336 e. The van der Waals surface area contributed by atoms with Gasteiger partial charge in [-0.2, -0.15) is 0 Å². The number of guanidine groups is 1. The smallest absolute Gasteiger partial charge is 0.237 e. The molecule has 0 radical (unpaired) electrons. The Balaban J connectivity index is 2.07. The predicted octanol–water partition coefficient (Wildman–Crippen LogP) is -0.824. The SMILES string of the molecule is C1CN1C1=NN1. The Kier molecular flexibility index (Phi) is 0.216. The van der Waals surface area contributed by atoms with Gasteiger partial charge in [0.05, 0.1) is 0 Å². The second-order valence-corrected chi connectivity index (χ2v) is 1.53. The summed E-state index contributed by atoms with van der Waals surface area (Å²) in [5.74, 6) is 1.08. The van der Waals surface area contributed by atoms with Crippen molar-refractivity contribution in [2.75, 3.05) is 13.1 Å². The van der Waals surface area contributed by atoms with Gasteiger partial charge in [0.25, 0.3) is 0 Å². The van der Waals surface area contributed by atoms with Crippen molar-refractivity contribution in [3.63, 3.8) is 0 Å². The topological polar surface area (TPSA) is 37.3 Å². The molecule has 6 heavy (non-hydrogen) atoms. The molecule has 3 heteroatoms. The van der Waals surface area contributed by atoms with Crippen molar-refractivity contribution in [2.24, 2.45) is 5.10 Å². The molecule has 1 saturated heterocycles. The van der Waals surface area contributed by atoms with E-state index in [9.17, 15) is 0 Å². The van der Waals surface area contributed by atoms with Gasteiger partial charge in [-0.1, -0.05) is 0 Å². The third-order valence-corrected chi connectivity index (χ3v) is 0.959. The van der Waals surface area contributed by atoms with Gasteiger partial charge in [-0.3, -0.25) is 0 Å². The van der Waals surface area contributed by atoms with Crippen molar-refractivity contribution >= 4 is 5.96 Å². The monoisotopic (exact) mass is 83.0 g/mol. The van der Waals surface area contributed by atoms with Crippen molar-refractivity contribution in [3.05, 3.63) is 0 Å². The number of hydrazone groups is 1. The maximum Gasteiger partial charge on any atom is 0.237 e. The molecule has 2 rings (SSSR count).